The lowest BCUT2D eigenvalue weighted by Crippen LogP contribution is -2.43. The number of alkyl halides is 3. The maximum atomic E-state index is 14.2. The highest BCUT2D eigenvalue weighted by molar-refractivity contribution is 5.86. The fourth-order valence-electron chi connectivity index (χ4n) is 4.69. The van der Waals surface area contributed by atoms with Crippen LogP contribution in [0.15, 0.2) is 48.7 Å². The average molecular weight is 485 g/mol. The lowest BCUT2D eigenvalue weighted by atomic mass is 10.0. The number of para-hydroxylation sites is 1. The second kappa shape index (κ2) is 8.46. The third-order valence-electron chi connectivity index (χ3n) is 6.23. The maximum Gasteiger partial charge on any atom is 0.408 e. The summed E-state index contributed by atoms with van der Waals surface area (Å²) in [5, 5.41) is 9.28. The molecule has 5 rings (SSSR count). The summed E-state index contributed by atoms with van der Waals surface area (Å²) in [4.78, 5) is 6.14. The highest BCUT2D eigenvalue weighted by atomic mass is 19.4. The molecule has 2 unspecified atom stereocenters. The van der Waals surface area contributed by atoms with Crippen LogP contribution in [0.2, 0.25) is 0 Å². The zero-order chi connectivity index (χ0) is 25.0. The fraction of sp³-hybridized carbons (Fsp3) is 0.400. The topological polar surface area (TPSA) is 81.6 Å². The van der Waals surface area contributed by atoms with Crippen molar-refractivity contribution in [3.05, 3.63) is 54.2 Å². The van der Waals surface area contributed by atoms with Crippen molar-refractivity contribution in [1.82, 2.24) is 24.5 Å². The highest BCUT2D eigenvalue weighted by Gasteiger charge is 2.48. The summed E-state index contributed by atoms with van der Waals surface area (Å²) in [5.74, 6) is 0.985. The molecule has 1 aromatic carbocycles. The average Bonchev–Trinajstić information content (AvgIpc) is 3.35. The van der Waals surface area contributed by atoms with Gasteiger partial charge in [0.05, 0.1) is 6.10 Å². The van der Waals surface area contributed by atoms with Crippen molar-refractivity contribution in [2.75, 3.05) is 13.1 Å². The van der Waals surface area contributed by atoms with E-state index in [4.69, 9.17) is 15.5 Å². The van der Waals surface area contributed by atoms with Gasteiger partial charge >= 0.3 is 6.18 Å². The normalized spacial score (nSPS) is 20.2. The number of rotatable bonds is 5. The van der Waals surface area contributed by atoms with Crippen LogP contribution in [-0.4, -0.2) is 55.4 Å². The van der Waals surface area contributed by atoms with Gasteiger partial charge < -0.3 is 10.5 Å². The zero-order valence-corrected chi connectivity index (χ0v) is 19.8. The number of nitrogens with zero attached hydrogens (tertiary/aromatic N) is 5. The molecule has 0 amide bonds. The minimum Gasteiger partial charge on any atom is -0.489 e. The number of ether oxygens (including phenoxy) is 1. The largest absolute Gasteiger partial charge is 0.489 e. The van der Waals surface area contributed by atoms with E-state index in [2.05, 4.69) is 10.2 Å². The van der Waals surface area contributed by atoms with Crippen LogP contribution in [0.25, 0.3) is 28.1 Å². The van der Waals surface area contributed by atoms with Gasteiger partial charge in [0.2, 0.25) is 0 Å². The van der Waals surface area contributed by atoms with Gasteiger partial charge in [0.25, 0.3) is 0 Å². The van der Waals surface area contributed by atoms with Gasteiger partial charge in [-0.1, -0.05) is 24.3 Å². The predicted octanol–water partition coefficient (Wildman–Crippen LogP) is 4.76. The maximum absolute atomic E-state index is 14.2. The van der Waals surface area contributed by atoms with Gasteiger partial charge in [-0.2, -0.15) is 13.2 Å². The fourth-order valence-corrected chi connectivity index (χ4v) is 4.69. The second-order valence-corrected chi connectivity index (χ2v) is 9.72. The van der Waals surface area contributed by atoms with Crippen molar-refractivity contribution in [2.45, 2.75) is 51.1 Å². The van der Waals surface area contributed by atoms with E-state index in [-0.39, 0.29) is 24.8 Å². The van der Waals surface area contributed by atoms with E-state index in [1.54, 1.807) is 23.5 Å². The lowest BCUT2D eigenvalue weighted by Gasteiger charge is -2.31. The smallest absolute Gasteiger partial charge is 0.408 e. The van der Waals surface area contributed by atoms with Crippen LogP contribution in [0, 0.1) is 0 Å². The standard InChI is InChI=1S/C25H27F3N6O/c1-15(2)35-19-6-4-5-16-7-9-18(30-21(16)19)23-32-31-20-10-8-17(13-34(20)23)22(25(26,27)28)33-12-11-24(3,29)14-33/h4-10,13,15,22H,11-12,14,29H2,1-3H3. The summed E-state index contributed by atoms with van der Waals surface area (Å²) in [6, 6.07) is 10.6. The zero-order valence-electron chi connectivity index (χ0n) is 19.8. The number of halogens is 3. The summed E-state index contributed by atoms with van der Waals surface area (Å²) in [5.41, 5.74) is 7.16. The van der Waals surface area contributed by atoms with Crippen molar-refractivity contribution >= 4 is 16.6 Å². The summed E-state index contributed by atoms with van der Waals surface area (Å²) in [6.07, 6.45) is -2.55. The Balaban J connectivity index is 1.60. The predicted molar refractivity (Wildman–Crippen MR) is 127 cm³/mol. The monoisotopic (exact) mass is 484 g/mol. The van der Waals surface area contributed by atoms with Crippen LogP contribution in [-0.2, 0) is 0 Å². The molecule has 0 radical (unpaired) electrons. The van der Waals surface area contributed by atoms with Gasteiger partial charge in [-0.25, -0.2) is 4.98 Å². The Labute approximate surface area is 200 Å². The van der Waals surface area contributed by atoms with Crippen molar-refractivity contribution in [1.29, 1.82) is 0 Å². The molecule has 0 spiro atoms. The number of nitrogens with two attached hydrogens (primary N) is 1. The van der Waals surface area contributed by atoms with Crippen LogP contribution >= 0.6 is 0 Å². The minimum atomic E-state index is -4.47. The van der Waals surface area contributed by atoms with Crippen molar-refractivity contribution in [3.8, 4) is 17.3 Å². The molecule has 1 fully saturated rings. The summed E-state index contributed by atoms with van der Waals surface area (Å²) in [7, 11) is 0. The van der Waals surface area contributed by atoms with Gasteiger partial charge in [0, 0.05) is 30.2 Å². The molecule has 2 atom stereocenters. The second-order valence-electron chi connectivity index (χ2n) is 9.72. The van der Waals surface area contributed by atoms with E-state index in [9.17, 15) is 13.2 Å². The van der Waals surface area contributed by atoms with Gasteiger partial charge in [-0.15, -0.1) is 10.2 Å². The molecule has 35 heavy (non-hydrogen) atoms. The quantitative estimate of drug-likeness (QED) is 0.440. The molecule has 3 aromatic heterocycles. The third-order valence-corrected chi connectivity index (χ3v) is 6.23. The molecule has 7 nitrogen and oxygen atoms in total. The van der Waals surface area contributed by atoms with Crippen LogP contribution in [0.4, 0.5) is 13.2 Å². The Bertz CT molecular complexity index is 1380. The van der Waals surface area contributed by atoms with Gasteiger partial charge in [0.1, 0.15) is 23.0 Å². The number of hydrogen-bond donors (Lipinski definition) is 1. The Hall–Kier alpha value is -3.24. The van der Waals surface area contributed by atoms with Crippen LogP contribution < -0.4 is 10.5 Å². The van der Waals surface area contributed by atoms with E-state index >= 15 is 0 Å². The molecule has 4 aromatic rings. The number of benzene rings is 1. The number of pyridine rings is 2. The van der Waals surface area contributed by atoms with E-state index in [0.717, 1.165) is 5.39 Å². The van der Waals surface area contributed by atoms with E-state index in [1.807, 2.05) is 38.1 Å². The first-order valence-electron chi connectivity index (χ1n) is 11.5. The molecule has 184 valence electrons. The molecule has 0 saturated carbocycles. The minimum absolute atomic E-state index is 0.0391. The number of fused-ring (bicyclic) bond motifs is 2. The molecular formula is C25H27F3N6O. The Morgan fingerprint density at radius 2 is 1.89 bits per heavy atom. The molecule has 10 heteroatoms. The van der Waals surface area contributed by atoms with Gasteiger partial charge in [0.15, 0.2) is 11.5 Å². The third kappa shape index (κ3) is 4.55. The van der Waals surface area contributed by atoms with E-state index < -0.39 is 17.8 Å². The molecular weight excluding hydrogens is 457 g/mol. The SMILES string of the molecule is CC(C)Oc1cccc2ccc(-c3nnc4ccc(C(N5CCC(C)(N)C5)C(F)(F)F)cn34)nc12. The lowest BCUT2D eigenvalue weighted by molar-refractivity contribution is -0.184. The molecule has 4 heterocycles. The summed E-state index contributed by atoms with van der Waals surface area (Å²) >= 11 is 0. The Morgan fingerprint density at radius 1 is 1.09 bits per heavy atom. The van der Waals surface area contributed by atoms with Crippen molar-refractivity contribution in [3.63, 3.8) is 0 Å². The summed E-state index contributed by atoms with van der Waals surface area (Å²) < 4.78 is 50.2. The number of likely N-dealkylation sites (tertiary alicyclic amines) is 1. The number of aromatic nitrogens is 4. The molecule has 2 N–H and O–H groups in total. The molecule has 1 aliphatic rings. The van der Waals surface area contributed by atoms with Crippen molar-refractivity contribution < 1.29 is 17.9 Å². The van der Waals surface area contributed by atoms with Gasteiger partial charge in [-0.3, -0.25) is 9.30 Å². The van der Waals surface area contributed by atoms with Crippen LogP contribution in [0.5, 0.6) is 5.75 Å². The molecule has 1 saturated heterocycles. The van der Waals surface area contributed by atoms with E-state index in [1.165, 1.54) is 17.2 Å². The Morgan fingerprint density at radius 3 is 2.57 bits per heavy atom. The number of hydrogen-bond acceptors (Lipinski definition) is 6. The van der Waals surface area contributed by atoms with Crippen molar-refractivity contribution in [2.24, 2.45) is 5.73 Å². The van der Waals surface area contributed by atoms with Crippen LogP contribution in [0.1, 0.15) is 38.8 Å². The molecule has 1 aliphatic heterocycles. The Kier molecular flexibility index (Phi) is 5.68. The van der Waals surface area contributed by atoms with E-state index in [0.29, 0.717) is 34.9 Å². The van der Waals surface area contributed by atoms with Crippen LogP contribution in [0.3, 0.4) is 0 Å². The van der Waals surface area contributed by atoms with Gasteiger partial charge in [-0.05, 0) is 51.0 Å². The first-order chi connectivity index (χ1) is 16.5. The first kappa shape index (κ1) is 23.5. The first-order valence-corrected chi connectivity index (χ1v) is 11.5. The highest BCUT2D eigenvalue weighted by Crippen LogP contribution is 2.41. The molecule has 0 bridgehead atoms. The molecule has 0 aliphatic carbocycles. The summed E-state index contributed by atoms with van der Waals surface area (Å²) in [6.45, 7) is 6.08.